The number of pyridine rings is 1. The topological polar surface area (TPSA) is 88.3 Å². The number of hydrogen-bond acceptors (Lipinski definition) is 3. The Kier molecular flexibility index (Phi) is 7.92. The van der Waals surface area contributed by atoms with E-state index in [2.05, 4.69) is 10.3 Å². The quantitative estimate of drug-likeness (QED) is 0.874. The highest BCUT2D eigenvalue weighted by Gasteiger charge is 2.14. The van der Waals surface area contributed by atoms with Gasteiger partial charge >= 0.3 is 6.03 Å². The molecule has 1 aromatic rings. The Morgan fingerprint density at radius 3 is 2.32 bits per heavy atom. The molecule has 0 saturated heterocycles. The lowest BCUT2D eigenvalue weighted by atomic mass is 10.3. The third kappa shape index (κ3) is 5.37. The van der Waals surface area contributed by atoms with Crippen molar-refractivity contribution in [2.24, 2.45) is 5.73 Å². The molecule has 0 aliphatic heterocycles. The molecule has 0 spiro atoms. The fourth-order valence-electron chi connectivity index (χ4n) is 1.42. The zero-order valence-corrected chi connectivity index (χ0v) is 11.9. The second-order valence-electron chi connectivity index (χ2n) is 3.37. The standard InChI is InChI=1S/C11H16N4O2.C2H6/c1-3-15(4-2)10(16)8-6-5-7-9(13-8)14-11(12)17;1-2/h5-7H,3-4H2,1-2H3,(H3,12,13,14,17);1-2H3. The number of primary amides is 1. The second-order valence-corrected chi connectivity index (χ2v) is 3.37. The average Bonchev–Trinajstić information content (AvgIpc) is 2.42. The average molecular weight is 266 g/mol. The number of nitrogens with zero attached hydrogens (tertiary/aromatic N) is 2. The van der Waals surface area contributed by atoms with E-state index in [0.717, 1.165) is 0 Å². The summed E-state index contributed by atoms with van der Waals surface area (Å²) < 4.78 is 0. The van der Waals surface area contributed by atoms with E-state index < -0.39 is 6.03 Å². The SMILES string of the molecule is CC.CCN(CC)C(=O)c1cccc(NC(N)=O)n1. The molecular formula is C13H22N4O2. The van der Waals surface area contributed by atoms with Crippen molar-refractivity contribution in [3.8, 4) is 0 Å². The summed E-state index contributed by atoms with van der Waals surface area (Å²) in [6.45, 7) is 9.02. The number of hydrogen-bond donors (Lipinski definition) is 2. The van der Waals surface area contributed by atoms with Gasteiger partial charge in [0.05, 0.1) is 0 Å². The van der Waals surface area contributed by atoms with E-state index in [4.69, 9.17) is 5.73 Å². The van der Waals surface area contributed by atoms with Crippen molar-refractivity contribution >= 4 is 17.8 Å². The predicted octanol–water partition coefficient (Wildman–Crippen LogP) is 2.08. The zero-order valence-electron chi connectivity index (χ0n) is 11.9. The van der Waals surface area contributed by atoms with Crippen molar-refractivity contribution in [1.29, 1.82) is 0 Å². The molecule has 19 heavy (non-hydrogen) atoms. The number of anilines is 1. The van der Waals surface area contributed by atoms with Gasteiger partial charge in [-0.2, -0.15) is 0 Å². The molecule has 6 heteroatoms. The summed E-state index contributed by atoms with van der Waals surface area (Å²) >= 11 is 0. The van der Waals surface area contributed by atoms with Gasteiger partial charge in [0.1, 0.15) is 11.5 Å². The first-order valence-electron chi connectivity index (χ1n) is 6.41. The van der Waals surface area contributed by atoms with Crippen LogP contribution in [0.1, 0.15) is 38.2 Å². The summed E-state index contributed by atoms with van der Waals surface area (Å²) in [6.07, 6.45) is 0. The highest BCUT2D eigenvalue weighted by molar-refractivity contribution is 5.93. The Bertz CT molecular complexity index is 417. The molecule has 0 atom stereocenters. The van der Waals surface area contributed by atoms with Crippen LogP contribution in [0.3, 0.4) is 0 Å². The van der Waals surface area contributed by atoms with E-state index in [9.17, 15) is 9.59 Å². The van der Waals surface area contributed by atoms with Crippen LogP contribution in [0.15, 0.2) is 18.2 Å². The van der Waals surface area contributed by atoms with Gasteiger partial charge in [-0.25, -0.2) is 9.78 Å². The summed E-state index contributed by atoms with van der Waals surface area (Å²) in [4.78, 5) is 28.3. The molecule has 0 bridgehead atoms. The van der Waals surface area contributed by atoms with Crippen LogP contribution in [0.2, 0.25) is 0 Å². The van der Waals surface area contributed by atoms with Gasteiger partial charge in [-0.3, -0.25) is 10.1 Å². The molecule has 106 valence electrons. The molecule has 1 rings (SSSR count). The molecule has 0 saturated carbocycles. The maximum atomic E-state index is 12.0. The Morgan fingerprint density at radius 1 is 1.26 bits per heavy atom. The van der Waals surface area contributed by atoms with E-state index >= 15 is 0 Å². The summed E-state index contributed by atoms with van der Waals surface area (Å²) in [5.41, 5.74) is 5.27. The zero-order chi connectivity index (χ0) is 14.8. The Morgan fingerprint density at radius 2 is 1.84 bits per heavy atom. The maximum absolute atomic E-state index is 12.0. The molecule has 3 N–H and O–H groups in total. The third-order valence-electron chi connectivity index (χ3n) is 2.27. The number of urea groups is 1. The lowest BCUT2D eigenvalue weighted by Gasteiger charge is -2.18. The fraction of sp³-hybridized carbons (Fsp3) is 0.462. The number of carbonyl (C=O) groups excluding carboxylic acids is 2. The number of carbonyl (C=O) groups is 2. The van der Waals surface area contributed by atoms with Gasteiger partial charge in [0.2, 0.25) is 0 Å². The first-order valence-corrected chi connectivity index (χ1v) is 6.41. The molecule has 0 aromatic carbocycles. The Balaban J connectivity index is 0.00000154. The molecule has 1 aromatic heterocycles. The predicted molar refractivity (Wildman–Crippen MR) is 76.0 cm³/mol. The monoisotopic (exact) mass is 266 g/mol. The van der Waals surface area contributed by atoms with E-state index in [-0.39, 0.29) is 11.7 Å². The van der Waals surface area contributed by atoms with Crippen molar-refractivity contribution in [3.05, 3.63) is 23.9 Å². The van der Waals surface area contributed by atoms with E-state index in [1.54, 1.807) is 23.1 Å². The number of nitrogens with one attached hydrogen (secondary N) is 1. The van der Waals surface area contributed by atoms with Crippen LogP contribution in [0.25, 0.3) is 0 Å². The van der Waals surface area contributed by atoms with Gasteiger partial charge in [-0.15, -0.1) is 0 Å². The van der Waals surface area contributed by atoms with Crippen molar-refractivity contribution in [2.45, 2.75) is 27.7 Å². The van der Waals surface area contributed by atoms with E-state index in [1.165, 1.54) is 0 Å². The molecule has 6 nitrogen and oxygen atoms in total. The minimum Gasteiger partial charge on any atom is -0.351 e. The summed E-state index contributed by atoms with van der Waals surface area (Å²) in [7, 11) is 0. The Hall–Kier alpha value is -2.11. The molecule has 0 aliphatic rings. The normalized spacial score (nSPS) is 9.05. The summed E-state index contributed by atoms with van der Waals surface area (Å²) in [5.74, 6) is 0.110. The van der Waals surface area contributed by atoms with E-state index in [1.807, 2.05) is 27.7 Å². The second kappa shape index (κ2) is 8.91. The molecular weight excluding hydrogens is 244 g/mol. The molecule has 0 aliphatic carbocycles. The van der Waals surface area contributed by atoms with Crippen molar-refractivity contribution in [2.75, 3.05) is 18.4 Å². The number of amides is 3. The highest BCUT2D eigenvalue weighted by Crippen LogP contribution is 2.07. The van der Waals surface area contributed by atoms with Crippen LogP contribution in [0.5, 0.6) is 0 Å². The van der Waals surface area contributed by atoms with Crippen LogP contribution in [0, 0.1) is 0 Å². The number of nitrogens with two attached hydrogens (primary N) is 1. The van der Waals surface area contributed by atoms with Gasteiger partial charge in [0, 0.05) is 13.1 Å². The summed E-state index contributed by atoms with van der Waals surface area (Å²) in [6, 6.07) is 4.12. The first-order chi connectivity index (χ1) is 9.08. The van der Waals surface area contributed by atoms with Gasteiger partial charge < -0.3 is 10.6 Å². The van der Waals surface area contributed by atoms with Crippen molar-refractivity contribution in [3.63, 3.8) is 0 Å². The fourth-order valence-corrected chi connectivity index (χ4v) is 1.42. The maximum Gasteiger partial charge on any atom is 0.317 e. The van der Waals surface area contributed by atoms with Crippen LogP contribution >= 0.6 is 0 Å². The first kappa shape index (κ1) is 16.9. The molecule has 0 radical (unpaired) electrons. The molecule has 3 amide bonds. The minimum absolute atomic E-state index is 0.164. The third-order valence-corrected chi connectivity index (χ3v) is 2.27. The smallest absolute Gasteiger partial charge is 0.317 e. The lowest BCUT2D eigenvalue weighted by molar-refractivity contribution is 0.0767. The minimum atomic E-state index is -0.704. The van der Waals surface area contributed by atoms with Gasteiger partial charge in [0.25, 0.3) is 5.91 Å². The largest absolute Gasteiger partial charge is 0.351 e. The van der Waals surface area contributed by atoms with Crippen LogP contribution < -0.4 is 11.1 Å². The van der Waals surface area contributed by atoms with Gasteiger partial charge in [0.15, 0.2) is 0 Å². The van der Waals surface area contributed by atoms with Gasteiger partial charge in [-0.1, -0.05) is 19.9 Å². The van der Waals surface area contributed by atoms with Crippen molar-refractivity contribution in [1.82, 2.24) is 9.88 Å². The molecule has 1 heterocycles. The van der Waals surface area contributed by atoms with Gasteiger partial charge in [-0.05, 0) is 26.0 Å². The highest BCUT2D eigenvalue weighted by atomic mass is 16.2. The van der Waals surface area contributed by atoms with Crippen LogP contribution in [-0.4, -0.2) is 34.9 Å². The summed E-state index contributed by atoms with van der Waals surface area (Å²) in [5, 5.41) is 2.33. The molecule has 0 unspecified atom stereocenters. The Labute approximate surface area is 114 Å². The lowest BCUT2D eigenvalue weighted by Crippen LogP contribution is -2.31. The van der Waals surface area contributed by atoms with Crippen molar-refractivity contribution < 1.29 is 9.59 Å². The van der Waals surface area contributed by atoms with E-state index in [0.29, 0.717) is 18.8 Å². The van der Waals surface area contributed by atoms with Crippen LogP contribution in [0.4, 0.5) is 10.6 Å². The number of rotatable bonds is 4. The number of aromatic nitrogens is 1. The molecule has 0 fully saturated rings. The van der Waals surface area contributed by atoms with Crippen LogP contribution in [-0.2, 0) is 0 Å².